The lowest BCUT2D eigenvalue weighted by atomic mass is 10.1. The summed E-state index contributed by atoms with van der Waals surface area (Å²) >= 11 is 0. The maximum atomic E-state index is 12.3. The quantitative estimate of drug-likeness (QED) is 0.802. The summed E-state index contributed by atoms with van der Waals surface area (Å²) in [4.78, 5) is 13.9. The summed E-state index contributed by atoms with van der Waals surface area (Å²) in [5.41, 5.74) is 1.39. The molecular weight excluding hydrogens is 246 g/mol. The van der Waals surface area contributed by atoms with Crippen molar-refractivity contribution >= 4 is 16.8 Å². The van der Waals surface area contributed by atoms with Gasteiger partial charge in [0.1, 0.15) is 0 Å². The molecule has 6 nitrogen and oxygen atoms in total. The summed E-state index contributed by atoms with van der Waals surface area (Å²) < 4.78 is 4.97. The van der Waals surface area contributed by atoms with Gasteiger partial charge in [-0.15, -0.1) is 0 Å². The van der Waals surface area contributed by atoms with Crippen molar-refractivity contribution in [2.45, 2.75) is 0 Å². The van der Waals surface area contributed by atoms with Gasteiger partial charge >= 0.3 is 0 Å². The highest BCUT2D eigenvalue weighted by Crippen LogP contribution is 2.14. The van der Waals surface area contributed by atoms with E-state index in [1.807, 2.05) is 6.07 Å². The van der Waals surface area contributed by atoms with Gasteiger partial charge in [-0.05, 0) is 12.1 Å². The van der Waals surface area contributed by atoms with Gasteiger partial charge < -0.3 is 14.7 Å². The van der Waals surface area contributed by atoms with E-state index in [-0.39, 0.29) is 12.5 Å². The number of H-pyrrole nitrogens is 1. The molecule has 1 aromatic carbocycles. The third-order valence-electron chi connectivity index (χ3n) is 2.91. The summed E-state index contributed by atoms with van der Waals surface area (Å²) in [6.45, 7) is 1.12. The zero-order valence-electron chi connectivity index (χ0n) is 10.8. The number of nitrogens with one attached hydrogen (secondary N) is 1. The Morgan fingerprint density at radius 1 is 1.47 bits per heavy atom. The van der Waals surface area contributed by atoms with Crippen molar-refractivity contribution in [3.8, 4) is 0 Å². The van der Waals surface area contributed by atoms with E-state index in [9.17, 15) is 4.79 Å². The number of aromatic amines is 1. The zero-order chi connectivity index (χ0) is 13.7. The number of carbonyl (C=O) groups excluding carboxylic acids is 1. The van der Waals surface area contributed by atoms with Gasteiger partial charge in [0.05, 0.1) is 24.9 Å². The predicted molar refractivity (Wildman–Crippen MR) is 71.0 cm³/mol. The first-order valence-corrected chi connectivity index (χ1v) is 6.08. The molecule has 6 heteroatoms. The topological polar surface area (TPSA) is 78.5 Å². The third kappa shape index (κ3) is 3.10. The Hall–Kier alpha value is -1.92. The van der Waals surface area contributed by atoms with E-state index in [4.69, 9.17) is 9.84 Å². The summed E-state index contributed by atoms with van der Waals surface area (Å²) in [5.74, 6) is -0.123. The molecule has 0 aliphatic rings. The molecule has 0 spiro atoms. The van der Waals surface area contributed by atoms with E-state index < -0.39 is 0 Å². The fourth-order valence-corrected chi connectivity index (χ4v) is 1.89. The number of benzene rings is 1. The number of aliphatic hydroxyl groups is 1. The molecule has 1 amide bonds. The Labute approximate surface area is 111 Å². The van der Waals surface area contributed by atoms with E-state index >= 15 is 0 Å². The fraction of sp³-hybridized carbons (Fsp3) is 0.385. The van der Waals surface area contributed by atoms with Crippen molar-refractivity contribution in [2.24, 2.45) is 0 Å². The molecule has 2 aromatic rings. The van der Waals surface area contributed by atoms with Crippen LogP contribution in [0.1, 0.15) is 10.4 Å². The van der Waals surface area contributed by atoms with Crippen molar-refractivity contribution in [3.63, 3.8) is 0 Å². The highest BCUT2D eigenvalue weighted by Gasteiger charge is 2.15. The molecule has 0 bridgehead atoms. The molecule has 102 valence electrons. The first kappa shape index (κ1) is 13.5. The number of nitrogens with zero attached hydrogens (tertiary/aromatic N) is 2. The van der Waals surface area contributed by atoms with Crippen LogP contribution in [0.15, 0.2) is 24.4 Å². The van der Waals surface area contributed by atoms with Gasteiger partial charge in [-0.2, -0.15) is 5.10 Å². The van der Waals surface area contributed by atoms with Gasteiger partial charge in [0.15, 0.2) is 0 Å². The lowest BCUT2D eigenvalue weighted by molar-refractivity contribution is 0.0656. The van der Waals surface area contributed by atoms with Gasteiger partial charge in [-0.25, -0.2) is 0 Å². The van der Waals surface area contributed by atoms with Crippen LogP contribution in [0.5, 0.6) is 0 Å². The number of hydrogen-bond acceptors (Lipinski definition) is 4. The first-order chi connectivity index (χ1) is 9.26. The minimum Gasteiger partial charge on any atom is -0.395 e. The Balaban J connectivity index is 2.19. The highest BCUT2D eigenvalue weighted by molar-refractivity contribution is 5.97. The molecule has 0 aliphatic heterocycles. The summed E-state index contributed by atoms with van der Waals surface area (Å²) in [5, 5.41) is 16.7. The highest BCUT2D eigenvalue weighted by atomic mass is 16.5. The second kappa shape index (κ2) is 6.31. The molecule has 0 saturated heterocycles. The van der Waals surface area contributed by atoms with E-state index in [0.29, 0.717) is 25.3 Å². The minimum atomic E-state index is -0.123. The number of ether oxygens (including phenoxy) is 1. The molecule has 0 aliphatic carbocycles. The molecule has 0 atom stereocenters. The molecule has 2 rings (SSSR count). The van der Waals surface area contributed by atoms with Gasteiger partial charge in [-0.1, -0.05) is 6.07 Å². The Kier molecular flexibility index (Phi) is 4.48. The molecule has 19 heavy (non-hydrogen) atoms. The number of methoxy groups -OCH3 is 1. The van der Waals surface area contributed by atoms with Crippen LogP contribution in [0.25, 0.3) is 10.9 Å². The van der Waals surface area contributed by atoms with Crippen LogP contribution in [0, 0.1) is 0 Å². The number of aromatic nitrogens is 2. The average molecular weight is 263 g/mol. The van der Waals surface area contributed by atoms with Crippen molar-refractivity contribution in [3.05, 3.63) is 30.0 Å². The van der Waals surface area contributed by atoms with Crippen molar-refractivity contribution < 1.29 is 14.6 Å². The number of hydrogen-bond donors (Lipinski definition) is 2. The lowest BCUT2D eigenvalue weighted by Gasteiger charge is -2.21. The number of rotatable bonds is 6. The lowest BCUT2D eigenvalue weighted by Crippen LogP contribution is -2.36. The van der Waals surface area contributed by atoms with Crippen LogP contribution in [0.2, 0.25) is 0 Å². The van der Waals surface area contributed by atoms with Crippen molar-refractivity contribution in [2.75, 3.05) is 33.4 Å². The van der Waals surface area contributed by atoms with Gasteiger partial charge in [0.25, 0.3) is 5.91 Å². The van der Waals surface area contributed by atoms with E-state index in [2.05, 4.69) is 10.2 Å². The molecular formula is C13H17N3O3. The second-order valence-electron chi connectivity index (χ2n) is 4.18. The van der Waals surface area contributed by atoms with E-state index in [0.717, 1.165) is 10.9 Å². The monoisotopic (exact) mass is 263 g/mol. The van der Waals surface area contributed by atoms with Crippen molar-refractivity contribution in [1.82, 2.24) is 15.1 Å². The standard InChI is InChI=1S/C13H17N3O3/c1-19-7-5-16(4-6-17)13(18)10-2-3-11-9-14-15-12(11)8-10/h2-3,8-9,17H,4-7H2,1H3,(H,14,15). The maximum absolute atomic E-state index is 12.3. The van der Waals surface area contributed by atoms with Crippen LogP contribution in [-0.2, 0) is 4.74 Å². The van der Waals surface area contributed by atoms with Gasteiger partial charge in [0, 0.05) is 31.1 Å². The minimum absolute atomic E-state index is 0.0677. The number of carbonyl (C=O) groups is 1. The third-order valence-corrected chi connectivity index (χ3v) is 2.91. The average Bonchev–Trinajstić information content (AvgIpc) is 2.90. The van der Waals surface area contributed by atoms with Gasteiger partial charge in [0.2, 0.25) is 0 Å². The molecule has 0 unspecified atom stereocenters. The maximum Gasteiger partial charge on any atom is 0.254 e. The first-order valence-electron chi connectivity index (χ1n) is 6.08. The normalized spacial score (nSPS) is 10.8. The second-order valence-corrected chi connectivity index (χ2v) is 4.18. The number of fused-ring (bicyclic) bond motifs is 1. The van der Waals surface area contributed by atoms with Gasteiger partial charge in [-0.3, -0.25) is 9.89 Å². The number of amides is 1. The molecule has 1 heterocycles. The summed E-state index contributed by atoms with van der Waals surface area (Å²) in [6, 6.07) is 5.37. The van der Waals surface area contributed by atoms with Crippen LogP contribution in [-0.4, -0.2) is 59.5 Å². The van der Waals surface area contributed by atoms with Crippen LogP contribution < -0.4 is 0 Å². The smallest absolute Gasteiger partial charge is 0.254 e. The Morgan fingerprint density at radius 3 is 3.05 bits per heavy atom. The van der Waals surface area contributed by atoms with Crippen molar-refractivity contribution in [1.29, 1.82) is 0 Å². The Morgan fingerprint density at radius 2 is 2.32 bits per heavy atom. The Bertz CT molecular complexity index is 553. The predicted octanol–water partition coefficient (Wildman–Crippen LogP) is 0.644. The molecule has 0 saturated carbocycles. The largest absolute Gasteiger partial charge is 0.395 e. The summed E-state index contributed by atoms with van der Waals surface area (Å²) in [6.07, 6.45) is 1.71. The van der Waals surface area contributed by atoms with Crippen LogP contribution in [0.3, 0.4) is 0 Å². The molecule has 1 aromatic heterocycles. The zero-order valence-corrected chi connectivity index (χ0v) is 10.8. The van der Waals surface area contributed by atoms with E-state index in [1.54, 1.807) is 30.3 Å². The number of aliphatic hydroxyl groups excluding tert-OH is 1. The molecule has 2 N–H and O–H groups in total. The molecule has 0 fully saturated rings. The van der Waals surface area contributed by atoms with Crippen LogP contribution in [0.4, 0.5) is 0 Å². The SMILES string of the molecule is COCCN(CCO)C(=O)c1ccc2cn[nH]c2c1. The van der Waals surface area contributed by atoms with E-state index in [1.165, 1.54) is 0 Å². The summed E-state index contributed by atoms with van der Waals surface area (Å²) in [7, 11) is 1.58. The van der Waals surface area contributed by atoms with Crippen LogP contribution >= 0.6 is 0 Å². The molecule has 0 radical (unpaired) electrons. The fourth-order valence-electron chi connectivity index (χ4n) is 1.89.